The molecule has 0 aliphatic carbocycles. The monoisotopic (exact) mass is 333 g/mol. The molecular weight excluding hydrogens is 315 g/mol. The lowest BCUT2D eigenvalue weighted by atomic mass is 10.0. The van der Waals surface area contributed by atoms with Gasteiger partial charge in [-0.1, -0.05) is 38.1 Å². The lowest BCUT2D eigenvalue weighted by molar-refractivity contribution is -0.137. The van der Waals surface area contributed by atoms with Crippen molar-refractivity contribution in [1.82, 2.24) is 0 Å². The van der Waals surface area contributed by atoms with Crippen molar-refractivity contribution in [3.05, 3.63) is 77.5 Å². The van der Waals surface area contributed by atoms with Crippen molar-refractivity contribution in [3.63, 3.8) is 0 Å². The minimum atomic E-state index is -4.35. The molecule has 2 aromatic carbocycles. The zero-order chi connectivity index (χ0) is 17.7. The van der Waals surface area contributed by atoms with Crippen LogP contribution in [0.1, 0.15) is 41.3 Å². The highest BCUT2D eigenvalue weighted by molar-refractivity contribution is 6.04. The zero-order valence-corrected chi connectivity index (χ0v) is 13.4. The van der Waals surface area contributed by atoms with Crippen LogP contribution in [-0.2, 0) is 6.18 Å². The maximum atomic E-state index is 12.5. The predicted octanol–water partition coefficient (Wildman–Crippen LogP) is 5.64. The van der Waals surface area contributed by atoms with Crippen LogP contribution in [0.4, 0.5) is 18.9 Å². The minimum absolute atomic E-state index is 0.176. The molecule has 0 saturated heterocycles. The zero-order valence-electron chi connectivity index (χ0n) is 13.4. The Labute approximate surface area is 139 Å². The second kappa shape index (κ2) is 7.34. The number of anilines is 1. The van der Waals surface area contributed by atoms with Crippen molar-refractivity contribution in [2.24, 2.45) is 0 Å². The van der Waals surface area contributed by atoms with E-state index in [0.717, 1.165) is 17.7 Å². The standard InChI is InChI=1S/C19H18F3NO/c1-13(2)14-3-5-15(6-4-14)18(24)11-12-23-17-9-7-16(8-10-17)19(20,21)22/h3-13,23H,1-2H3. The van der Waals surface area contributed by atoms with E-state index in [1.54, 1.807) is 12.1 Å². The lowest BCUT2D eigenvalue weighted by Crippen LogP contribution is -2.04. The largest absolute Gasteiger partial charge is 0.416 e. The van der Waals surface area contributed by atoms with E-state index in [2.05, 4.69) is 19.2 Å². The molecule has 126 valence electrons. The minimum Gasteiger partial charge on any atom is -0.362 e. The summed E-state index contributed by atoms with van der Waals surface area (Å²) < 4.78 is 37.4. The van der Waals surface area contributed by atoms with Gasteiger partial charge >= 0.3 is 6.18 Å². The van der Waals surface area contributed by atoms with E-state index < -0.39 is 11.7 Å². The van der Waals surface area contributed by atoms with Gasteiger partial charge < -0.3 is 5.32 Å². The van der Waals surface area contributed by atoms with Crippen molar-refractivity contribution in [2.75, 3.05) is 5.32 Å². The number of halogens is 3. The van der Waals surface area contributed by atoms with Crippen molar-refractivity contribution >= 4 is 11.5 Å². The van der Waals surface area contributed by atoms with Gasteiger partial charge in [0.2, 0.25) is 0 Å². The molecule has 5 heteroatoms. The summed E-state index contributed by atoms with van der Waals surface area (Å²) in [5.74, 6) is 0.218. The second-order valence-corrected chi connectivity index (χ2v) is 5.69. The van der Waals surface area contributed by atoms with Crippen LogP contribution in [0.15, 0.2) is 60.8 Å². The number of benzene rings is 2. The Balaban J connectivity index is 1.97. The van der Waals surface area contributed by atoms with Crippen LogP contribution in [0.2, 0.25) is 0 Å². The smallest absolute Gasteiger partial charge is 0.362 e. The SMILES string of the molecule is CC(C)c1ccc(C(=O)C=CNc2ccc(C(F)(F)F)cc2)cc1. The average Bonchev–Trinajstić information content (AvgIpc) is 2.54. The molecular formula is C19H18F3NO. The summed E-state index contributed by atoms with van der Waals surface area (Å²) in [5.41, 5.74) is 1.48. The summed E-state index contributed by atoms with van der Waals surface area (Å²) in [6.45, 7) is 4.15. The maximum Gasteiger partial charge on any atom is 0.416 e. The molecule has 2 aromatic rings. The van der Waals surface area contributed by atoms with E-state index in [-0.39, 0.29) is 5.78 Å². The third kappa shape index (κ3) is 4.72. The van der Waals surface area contributed by atoms with Crippen LogP contribution in [-0.4, -0.2) is 5.78 Å². The number of rotatable bonds is 5. The first kappa shape index (κ1) is 17.8. The average molecular weight is 333 g/mol. The molecule has 1 N–H and O–H groups in total. The molecule has 0 aliphatic heterocycles. The fraction of sp³-hybridized carbons (Fsp3) is 0.211. The topological polar surface area (TPSA) is 29.1 Å². The third-order valence-corrected chi connectivity index (χ3v) is 3.56. The number of allylic oxidation sites excluding steroid dienone is 1. The van der Waals surface area contributed by atoms with Crippen LogP contribution in [0.3, 0.4) is 0 Å². The van der Waals surface area contributed by atoms with Crippen molar-refractivity contribution in [2.45, 2.75) is 25.9 Å². The Morgan fingerprint density at radius 2 is 1.58 bits per heavy atom. The summed E-state index contributed by atoms with van der Waals surface area (Å²) in [6, 6.07) is 12.0. The molecule has 0 radical (unpaired) electrons. The van der Waals surface area contributed by atoms with Gasteiger partial charge in [-0.2, -0.15) is 13.2 Å². The van der Waals surface area contributed by atoms with E-state index in [9.17, 15) is 18.0 Å². The molecule has 0 aromatic heterocycles. The fourth-order valence-corrected chi connectivity index (χ4v) is 2.10. The highest BCUT2D eigenvalue weighted by Gasteiger charge is 2.29. The van der Waals surface area contributed by atoms with E-state index in [0.29, 0.717) is 17.2 Å². The lowest BCUT2D eigenvalue weighted by Gasteiger charge is -2.07. The van der Waals surface area contributed by atoms with Gasteiger partial charge in [-0.25, -0.2) is 0 Å². The summed E-state index contributed by atoms with van der Waals surface area (Å²) in [6.07, 6.45) is -1.59. The summed E-state index contributed by atoms with van der Waals surface area (Å²) in [4.78, 5) is 12.0. The number of carbonyl (C=O) groups excluding carboxylic acids is 1. The summed E-state index contributed by atoms with van der Waals surface area (Å²) in [7, 11) is 0. The van der Waals surface area contributed by atoms with Gasteiger partial charge in [-0.05, 0) is 35.7 Å². The van der Waals surface area contributed by atoms with Gasteiger partial charge in [0, 0.05) is 23.5 Å². The second-order valence-electron chi connectivity index (χ2n) is 5.69. The van der Waals surface area contributed by atoms with Gasteiger partial charge in [-0.15, -0.1) is 0 Å². The first-order valence-electron chi connectivity index (χ1n) is 7.52. The molecule has 24 heavy (non-hydrogen) atoms. The highest BCUT2D eigenvalue weighted by Crippen LogP contribution is 2.29. The maximum absolute atomic E-state index is 12.5. The Kier molecular flexibility index (Phi) is 5.44. The first-order chi connectivity index (χ1) is 11.3. The number of ketones is 1. The van der Waals surface area contributed by atoms with E-state index in [1.165, 1.54) is 24.4 Å². The number of hydrogen-bond donors (Lipinski definition) is 1. The van der Waals surface area contributed by atoms with Gasteiger partial charge in [0.15, 0.2) is 5.78 Å². The van der Waals surface area contributed by atoms with Gasteiger partial charge in [0.25, 0.3) is 0 Å². The molecule has 0 aliphatic rings. The Morgan fingerprint density at radius 1 is 1.00 bits per heavy atom. The number of nitrogens with one attached hydrogen (secondary N) is 1. The molecule has 2 nitrogen and oxygen atoms in total. The molecule has 0 atom stereocenters. The van der Waals surface area contributed by atoms with E-state index in [4.69, 9.17) is 0 Å². The van der Waals surface area contributed by atoms with Crippen LogP contribution in [0.25, 0.3) is 0 Å². The molecule has 0 heterocycles. The van der Waals surface area contributed by atoms with Crippen LogP contribution < -0.4 is 5.32 Å². The van der Waals surface area contributed by atoms with Crippen LogP contribution >= 0.6 is 0 Å². The van der Waals surface area contributed by atoms with E-state index >= 15 is 0 Å². The molecule has 0 amide bonds. The highest BCUT2D eigenvalue weighted by atomic mass is 19.4. The van der Waals surface area contributed by atoms with Crippen LogP contribution in [0.5, 0.6) is 0 Å². The molecule has 0 saturated carbocycles. The Morgan fingerprint density at radius 3 is 2.08 bits per heavy atom. The van der Waals surface area contributed by atoms with Crippen molar-refractivity contribution in [1.29, 1.82) is 0 Å². The summed E-state index contributed by atoms with van der Waals surface area (Å²) in [5, 5.41) is 2.78. The van der Waals surface area contributed by atoms with Gasteiger partial charge in [-0.3, -0.25) is 4.79 Å². The van der Waals surface area contributed by atoms with Crippen LogP contribution in [0, 0.1) is 0 Å². The first-order valence-corrected chi connectivity index (χ1v) is 7.52. The normalized spacial score (nSPS) is 11.9. The molecule has 0 spiro atoms. The van der Waals surface area contributed by atoms with Crippen molar-refractivity contribution < 1.29 is 18.0 Å². The fourth-order valence-electron chi connectivity index (χ4n) is 2.10. The number of hydrogen-bond acceptors (Lipinski definition) is 2. The molecule has 0 bridgehead atoms. The number of carbonyl (C=O) groups is 1. The predicted molar refractivity (Wildman–Crippen MR) is 89.1 cm³/mol. The Bertz CT molecular complexity index is 714. The van der Waals surface area contributed by atoms with E-state index in [1.807, 2.05) is 12.1 Å². The molecule has 2 rings (SSSR count). The quantitative estimate of drug-likeness (QED) is 0.567. The number of alkyl halides is 3. The third-order valence-electron chi connectivity index (χ3n) is 3.56. The van der Waals surface area contributed by atoms with Crippen molar-refractivity contribution in [3.8, 4) is 0 Å². The Hall–Kier alpha value is -2.56. The summed E-state index contributed by atoms with van der Waals surface area (Å²) >= 11 is 0. The van der Waals surface area contributed by atoms with Gasteiger partial charge in [0.05, 0.1) is 5.56 Å². The van der Waals surface area contributed by atoms with Gasteiger partial charge in [0.1, 0.15) is 0 Å². The molecule has 0 fully saturated rings. The molecule has 0 unspecified atom stereocenters.